The van der Waals surface area contributed by atoms with Gasteiger partial charge < -0.3 is 9.64 Å². The third kappa shape index (κ3) is 3.20. The Morgan fingerprint density at radius 2 is 2.00 bits per heavy atom. The van der Waals surface area contributed by atoms with Gasteiger partial charge in [0.1, 0.15) is 0 Å². The minimum Gasteiger partial charge on any atom is -0.366 e. The van der Waals surface area contributed by atoms with Crippen LogP contribution in [0.4, 0.5) is 0 Å². The van der Waals surface area contributed by atoms with Gasteiger partial charge in [-0.15, -0.1) is 0 Å². The number of hydrogen-bond acceptors (Lipinski definition) is 4. The lowest BCUT2D eigenvalue weighted by Gasteiger charge is -2.36. The van der Waals surface area contributed by atoms with Crippen LogP contribution in [0.2, 0.25) is 0 Å². The Kier molecular flexibility index (Phi) is 4.27. The van der Waals surface area contributed by atoms with Crippen LogP contribution in [0.15, 0.2) is 35.4 Å². The normalized spacial score (nSPS) is 26.5. The topological polar surface area (TPSA) is 53.9 Å². The van der Waals surface area contributed by atoms with Gasteiger partial charge in [-0.3, -0.25) is 4.79 Å². The SMILES string of the molecule is CC1OC2(CCN(C)CC2)C/C1=N\NC(=O)c1ccccc1. The summed E-state index contributed by atoms with van der Waals surface area (Å²) in [4.78, 5) is 14.4. The van der Waals surface area contributed by atoms with Gasteiger partial charge in [0.05, 0.1) is 17.4 Å². The maximum absolute atomic E-state index is 12.1. The molecule has 1 atom stereocenters. The first kappa shape index (κ1) is 15.2. The molecule has 0 saturated carbocycles. The highest BCUT2D eigenvalue weighted by molar-refractivity contribution is 5.96. The molecule has 0 radical (unpaired) electrons. The molecule has 2 aliphatic heterocycles. The van der Waals surface area contributed by atoms with Crippen LogP contribution in [0, 0.1) is 0 Å². The van der Waals surface area contributed by atoms with Crippen molar-refractivity contribution < 1.29 is 9.53 Å². The molecule has 1 aromatic rings. The van der Waals surface area contributed by atoms with E-state index in [0.717, 1.165) is 38.1 Å². The zero-order chi connectivity index (χ0) is 15.6. The fourth-order valence-corrected chi connectivity index (χ4v) is 3.19. The van der Waals surface area contributed by atoms with Crippen LogP contribution >= 0.6 is 0 Å². The summed E-state index contributed by atoms with van der Waals surface area (Å²) >= 11 is 0. The van der Waals surface area contributed by atoms with Crippen molar-refractivity contribution in [3.8, 4) is 0 Å². The predicted octanol–water partition coefficient (Wildman–Crippen LogP) is 2.05. The number of piperidine rings is 1. The summed E-state index contributed by atoms with van der Waals surface area (Å²) in [5.41, 5.74) is 4.14. The molecule has 118 valence electrons. The number of amides is 1. The highest BCUT2D eigenvalue weighted by atomic mass is 16.5. The monoisotopic (exact) mass is 301 g/mol. The molecule has 22 heavy (non-hydrogen) atoms. The summed E-state index contributed by atoms with van der Waals surface area (Å²) in [5, 5.41) is 4.33. The molecular formula is C17H23N3O2. The molecule has 1 aromatic carbocycles. The Balaban J connectivity index is 1.64. The molecule has 1 spiro atoms. The van der Waals surface area contributed by atoms with E-state index in [1.165, 1.54) is 0 Å². The van der Waals surface area contributed by atoms with Gasteiger partial charge in [0.2, 0.25) is 0 Å². The molecule has 2 aliphatic rings. The summed E-state index contributed by atoms with van der Waals surface area (Å²) in [6.45, 7) is 4.12. The van der Waals surface area contributed by atoms with Crippen molar-refractivity contribution in [1.29, 1.82) is 0 Å². The number of nitrogens with zero attached hydrogens (tertiary/aromatic N) is 2. The van der Waals surface area contributed by atoms with Crippen LogP contribution in [0.1, 0.15) is 36.5 Å². The van der Waals surface area contributed by atoms with Crippen molar-refractivity contribution in [3.05, 3.63) is 35.9 Å². The fourth-order valence-electron chi connectivity index (χ4n) is 3.19. The second-order valence-electron chi connectivity index (χ2n) is 6.33. The molecule has 5 heteroatoms. The Morgan fingerprint density at radius 1 is 1.32 bits per heavy atom. The van der Waals surface area contributed by atoms with Crippen LogP contribution in [-0.4, -0.2) is 48.4 Å². The van der Waals surface area contributed by atoms with Gasteiger partial charge in [-0.25, -0.2) is 5.43 Å². The van der Waals surface area contributed by atoms with Gasteiger partial charge in [0, 0.05) is 25.1 Å². The average Bonchev–Trinajstić information content (AvgIpc) is 2.85. The van der Waals surface area contributed by atoms with E-state index in [1.807, 2.05) is 25.1 Å². The zero-order valence-corrected chi connectivity index (χ0v) is 13.2. The lowest BCUT2D eigenvalue weighted by Crippen LogP contribution is -2.42. The molecule has 2 fully saturated rings. The van der Waals surface area contributed by atoms with Gasteiger partial charge in [0.25, 0.3) is 5.91 Å². The summed E-state index contributed by atoms with van der Waals surface area (Å²) in [5.74, 6) is -0.176. The Hall–Kier alpha value is -1.72. The highest BCUT2D eigenvalue weighted by Gasteiger charge is 2.44. The number of carbonyl (C=O) groups is 1. The van der Waals surface area contributed by atoms with Crippen LogP contribution < -0.4 is 5.43 Å². The number of nitrogens with one attached hydrogen (secondary N) is 1. The Bertz CT molecular complexity index is 563. The van der Waals surface area contributed by atoms with Crippen molar-refractivity contribution in [3.63, 3.8) is 0 Å². The van der Waals surface area contributed by atoms with Crippen molar-refractivity contribution >= 4 is 11.6 Å². The molecule has 0 aliphatic carbocycles. The fraction of sp³-hybridized carbons (Fsp3) is 0.529. The number of ether oxygens (including phenoxy) is 1. The Morgan fingerprint density at radius 3 is 2.68 bits per heavy atom. The van der Waals surface area contributed by atoms with Gasteiger partial charge in [-0.05, 0) is 38.9 Å². The van der Waals surface area contributed by atoms with Crippen LogP contribution in [-0.2, 0) is 4.74 Å². The molecule has 1 amide bonds. The van der Waals surface area contributed by atoms with Crippen LogP contribution in [0.5, 0.6) is 0 Å². The Labute approximate surface area is 131 Å². The summed E-state index contributed by atoms with van der Waals surface area (Å²) < 4.78 is 6.18. The second-order valence-corrected chi connectivity index (χ2v) is 6.33. The van der Waals surface area contributed by atoms with E-state index in [9.17, 15) is 4.79 Å². The first-order valence-corrected chi connectivity index (χ1v) is 7.86. The van der Waals surface area contributed by atoms with E-state index < -0.39 is 0 Å². The first-order chi connectivity index (χ1) is 10.6. The maximum Gasteiger partial charge on any atom is 0.271 e. The largest absolute Gasteiger partial charge is 0.366 e. The number of hydrogen-bond donors (Lipinski definition) is 1. The zero-order valence-electron chi connectivity index (χ0n) is 13.2. The number of carbonyl (C=O) groups excluding carboxylic acids is 1. The van der Waals surface area contributed by atoms with Gasteiger partial charge in [0.15, 0.2) is 0 Å². The molecule has 2 heterocycles. The predicted molar refractivity (Wildman–Crippen MR) is 86.0 cm³/mol. The van der Waals surface area contributed by atoms with Gasteiger partial charge in [-0.2, -0.15) is 5.10 Å². The third-order valence-electron chi connectivity index (χ3n) is 4.63. The van der Waals surface area contributed by atoms with E-state index in [2.05, 4.69) is 22.5 Å². The molecular weight excluding hydrogens is 278 g/mol. The third-order valence-corrected chi connectivity index (χ3v) is 4.63. The lowest BCUT2D eigenvalue weighted by atomic mass is 9.88. The minimum absolute atomic E-state index is 0.0283. The van der Waals surface area contributed by atoms with E-state index >= 15 is 0 Å². The summed E-state index contributed by atoms with van der Waals surface area (Å²) in [7, 11) is 2.14. The smallest absolute Gasteiger partial charge is 0.271 e. The maximum atomic E-state index is 12.1. The molecule has 0 bridgehead atoms. The molecule has 5 nitrogen and oxygen atoms in total. The standard InChI is InChI=1S/C17H23N3O2/c1-13-15(12-17(22-13)8-10-20(2)11-9-17)18-19-16(21)14-6-4-3-5-7-14/h3-7,13H,8-12H2,1-2H3,(H,19,21)/b18-15+. The summed E-state index contributed by atoms with van der Waals surface area (Å²) in [6.07, 6.45) is 2.84. The molecule has 0 aromatic heterocycles. The van der Waals surface area contributed by atoms with Crippen LogP contribution in [0.25, 0.3) is 0 Å². The highest BCUT2D eigenvalue weighted by Crippen LogP contribution is 2.37. The van der Waals surface area contributed by atoms with E-state index in [4.69, 9.17) is 4.74 Å². The van der Waals surface area contributed by atoms with E-state index in [-0.39, 0.29) is 17.6 Å². The van der Waals surface area contributed by atoms with Crippen molar-refractivity contribution in [2.24, 2.45) is 5.10 Å². The van der Waals surface area contributed by atoms with Crippen molar-refractivity contribution in [1.82, 2.24) is 10.3 Å². The molecule has 1 unspecified atom stereocenters. The van der Waals surface area contributed by atoms with E-state index in [1.54, 1.807) is 12.1 Å². The lowest BCUT2D eigenvalue weighted by molar-refractivity contribution is -0.0656. The molecule has 1 N–H and O–H groups in total. The minimum atomic E-state index is -0.176. The van der Waals surface area contributed by atoms with Crippen molar-refractivity contribution in [2.75, 3.05) is 20.1 Å². The van der Waals surface area contributed by atoms with Crippen molar-refractivity contribution in [2.45, 2.75) is 37.9 Å². The summed E-state index contributed by atoms with van der Waals surface area (Å²) in [6, 6.07) is 9.14. The van der Waals surface area contributed by atoms with Crippen LogP contribution in [0.3, 0.4) is 0 Å². The van der Waals surface area contributed by atoms with Gasteiger partial charge in [-0.1, -0.05) is 18.2 Å². The number of benzene rings is 1. The second kappa shape index (κ2) is 6.18. The number of likely N-dealkylation sites (tertiary alicyclic amines) is 1. The van der Waals surface area contributed by atoms with Gasteiger partial charge >= 0.3 is 0 Å². The average molecular weight is 301 g/mol. The molecule has 2 saturated heterocycles. The number of hydrazone groups is 1. The first-order valence-electron chi connectivity index (χ1n) is 7.86. The number of rotatable bonds is 2. The van der Waals surface area contributed by atoms with E-state index in [0.29, 0.717) is 5.56 Å². The molecule has 3 rings (SSSR count). The quantitative estimate of drug-likeness (QED) is 0.851.